The van der Waals surface area contributed by atoms with Gasteiger partial charge in [-0.3, -0.25) is 10.1 Å². The molecule has 88 valence electrons. The van der Waals surface area contributed by atoms with Crippen molar-refractivity contribution in [1.29, 1.82) is 0 Å². The van der Waals surface area contributed by atoms with E-state index in [9.17, 15) is 10.1 Å². The normalized spacial score (nSPS) is 9.53. The molecule has 0 heterocycles. The van der Waals surface area contributed by atoms with Crippen LogP contribution >= 0.6 is 0 Å². The van der Waals surface area contributed by atoms with Crippen LogP contribution in [-0.4, -0.2) is 18.0 Å². The number of benzene rings is 1. The molecule has 6 heteroatoms. The Bertz CT molecular complexity index is 360. The molecule has 0 aliphatic carbocycles. The summed E-state index contributed by atoms with van der Waals surface area (Å²) >= 11 is 0. The third kappa shape index (κ3) is 5.48. The van der Waals surface area contributed by atoms with Crippen LogP contribution in [0.1, 0.15) is 18.1 Å². The van der Waals surface area contributed by atoms with Crippen LogP contribution < -0.4 is 62.4 Å². The second-order valence-corrected chi connectivity index (χ2v) is 3.47. The van der Waals surface area contributed by atoms with Crippen LogP contribution in [0.25, 0.3) is 0 Å². The number of nitrogens with zero attached hydrogens (tertiary/aromatic N) is 1. The van der Waals surface area contributed by atoms with E-state index >= 15 is 0 Å². The first kappa shape index (κ1) is 17.0. The van der Waals surface area contributed by atoms with Crippen molar-refractivity contribution in [1.82, 2.24) is 5.32 Å². The predicted molar refractivity (Wildman–Crippen MR) is 62.2 cm³/mol. The van der Waals surface area contributed by atoms with E-state index in [0.29, 0.717) is 25.2 Å². The van der Waals surface area contributed by atoms with Crippen molar-refractivity contribution in [2.75, 3.05) is 13.1 Å². The van der Waals surface area contributed by atoms with Gasteiger partial charge in [-0.05, 0) is 18.4 Å². The molecule has 0 spiro atoms. The maximum Gasteiger partial charge on any atom is 1.00 e. The second-order valence-electron chi connectivity index (χ2n) is 3.47. The quantitative estimate of drug-likeness (QED) is 0.202. The van der Waals surface area contributed by atoms with Gasteiger partial charge in [0, 0.05) is 13.1 Å². The number of rotatable bonds is 6. The molecule has 1 rings (SSSR count). The van der Waals surface area contributed by atoms with E-state index in [4.69, 9.17) is 5.73 Å². The molecule has 0 unspecified atom stereocenters. The van der Waals surface area contributed by atoms with E-state index in [1.165, 1.54) is 6.92 Å². The molecule has 3 N–H and O–H groups in total. The van der Waals surface area contributed by atoms with Crippen LogP contribution in [0, 0.1) is 16.2 Å². The first-order valence-electron chi connectivity index (χ1n) is 5.14. The minimum Gasteiger partial charge on any atom is -0.329 e. The van der Waals surface area contributed by atoms with Crippen LogP contribution in [0.5, 0.6) is 0 Å². The first-order valence-corrected chi connectivity index (χ1v) is 5.14. The molecule has 1 aromatic carbocycles. The summed E-state index contributed by atoms with van der Waals surface area (Å²) in [7, 11) is 0. The molecule has 0 aliphatic rings. The number of hydrogen-bond acceptors (Lipinski definition) is 4. The van der Waals surface area contributed by atoms with Gasteiger partial charge in [0.15, 0.2) is 0 Å². The summed E-state index contributed by atoms with van der Waals surface area (Å²) in [6.45, 7) is 3.37. The van der Waals surface area contributed by atoms with E-state index in [2.05, 4.69) is 5.32 Å². The van der Waals surface area contributed by atoms with Crippen molar-refractivity contribution in [2.45, 2.75) is 13.5 Å². The topological polar surface area (TPSA) is 81.2 Å². The molecule has 5 nitrogen and oxygen atoms in total. The Morgan fingerprint density at radius 2 is 2.12 bits per heavy atom. The van der Waals surface area contributed by atoms with Gasteiger partial charge in [-0.1, -0.05) is 6.07 Å². The molecule has 0 saturated carbocycles. The predicted octanol–water partition coefficient (Wildman–Crippen LogP) is -2.08. The zero-order valence-corrected chi connectivity index (χ0v) is 13.4. The van der Waals surface area contributed by atoms with Gasteiger partial charge < -0.3 is 11.1 Å². The van der Waals surface area contributed by atoms with Crippen molar-refractivity contribution >= 4 is 0 Å². The second kappa shape index (κ2) is 9.04. The molecule has 0 atom stereocenters. The molecule has 0 aliphatic heterocycles. The van der Waals surface area contributed by atoms with Crippen molar-refractivity contribution in [3.05, 3.63) is 51.5 Å². The smallest absolute Gasteiger partial charge is 0.329 e. The van der Waals surface area contributed by atoms with E-state index in [1.54, 1.807) is 12.1 Å². The molecular weight excluding hydrogens is 245 g/mol. The van der Waals surface area contributed by atoms with Crippen LogP contribution in [-0.2, 0) is 6.54 Å². The monoisotopic (exact) mass is 261 g/mol. The third-order valence-electron chi connectivity index (χ3n) is 2.32. The van der Waals surface area contributed by atoms with Gasteiger partial charge in [0.25, 0.3) is 0 Å². The van der Waals surface area contributed by atoms with Gasteiger partial charge in [0.1, 0.15) is 6.04 Å². The average Bonchev–Trinajstić information content (AvgIpc) is 2.29. The minimum atomic E-state index is -0.359. The maximum absolute atomic E-state index is 10.7. The molecule has 17 heavy (non-hydrogen) atoms. The molecule has 0 saturated heterocycles. The maximum atomic E-state index is 10.7. The molecule has 0 bridgehead atoms. The Hall–Kier alpha value is 0.0464. The van der Waals surface area contributed by atoms with Crippen molar-refractivity contribution in [3.63, 3.8) is 0 Å². The molecule has 0 aromatic heterocycles. The zero-order valence-electron chi connectivity index (χ0n) is 10.3. The number of nitro groups is 1. The molecular formula is C11H16KN3O2. The molecule has 1 aromatic rings. The van der Waals surface area contributed by atoms with Crippen LogP contribution in [0.4, 0.5) is 0 Å². The number of nitrogens with one attached hydrogen (secondary N) is 1. The fourth-order valence-electron chi connectivity index (χ4n) is 1.45. The van der Waals surface area contributed by atoms with Crippen molar-refractivity contribution in [3.8, 4) is 0 Å². The minimum absolute atomic E-state index is 0. The van der Waals surface area contributed by atoms with Gasteiger partial charge in [-0.2, -0.15) is 6.07 Å². The molecule has 0 amide bonds. The SMILES string of the molecule is C[C-](c1ccccc1CNCCN)[N+](=O)[O-].[K+]. The van der Waals surface area contributed by atoms with Gasteiger partial charge in [0.2, 0.25) is 0 Å². The number of nitrogens with two attached hydrogens (primary N) is 1. The van der Waals surface area contributed by atoms with Crippen LogP contribution in [0.3, 0.4) is 0 Å². The van der Waals surface area contributed by atoms with Crippen LogP contribution in [0.2, 0.25) is 0 Å². The average molecular weight is 261 g/mol. The van der Waals surface area contributed by atoms with E-state index in [-0.39, 0.29) is 62.3 Å². The standard InChI is InChI=1S/C11H16N3O2.K/c1-9(14(15)16)11-5-3-2-4-10(11)8-13-7-6-12;/h2-5,13H,6-8,12H2,1H3;/q-1;+1. The zero-order chi connectivity index (χ0) is 12.0. The van der Waals surface area contributed by atoms with Gasteiger partial charge in [0.05, 0.1) is 0 Å². The Morgan fingerprint density at radius 3 is 2.71 bits per heavy atom. The fraction of sp³-hybridized carbons (Fsp3) is 0.364. The summed E-state index contributed by atoms with van der Waals surface area (Å²) in [4.78, 5) is 10.4. The van der Waals surface area contributed by atoms with E-state index in [0.717, 1.165) is 5.56 Å². The number of hydrogen-bond donors (Lipinski definition) is 2. The fourth-order valence-corrected chi connectivity index (χ4v) is 1.45. The van der Waals surface area contributed by atoms with Gasteiger partial charge in [-0.15, -0.1) is 23.3 Å². The van der Waals surface area contributed by atoms with Gasteiger partial charge >= 0.3 is 51.4 Å². The van der Waals surface area contributed by atoms with E-state index < -0.39 is 0 Å². The summed E-state index contributed by atoms with van der Waals surface area (Å²) in [6, 6.07) is 7.49. The molecule has 0 radical (unpaired) electrons. The van der Waals surface area contributed by atoms with Crippen molar-refractivity contribution < 1.29 is 56.3 Å². The largest absolute Gasteiger partial charge is 1.00 e. The third-order valence-corrected chi connectivity index (χ3v) is 2.32. The summed E-state index contributed by atoms with van der Waals surface area (Å²) in [5.74, 6) is 0. The summed E-state index contributed by atoms with van der Waals surface area (Å²) < 4.78 is 0. The summed E-state index contributed by atoms with van der Waals surface area (Å²) in [5.41, 5.74) is 6.96. The Balaban J connectivity index is 0.00000256. The Kier molecular flexibility index (Phi) is 9.06. The first-order chi connectivity index (χ1) is 7.66. The molecule has 0 fully saturated rings. The summed E-state index contributed by atoms with van der Waals surface area (Å²) in [5, 5.41) is 13.8. The Labute approximate surface area is 144 Å². The van der Waals surface area contributed by atoms with E-state index in [1.807, 2.05) is 12.1 Å². The summed E-state index contributed by atoms with van der Waals surface area (Å²) in [6.07, 6.45) is 0. The Morgan fingerprint density at radius 1 is 1.47 bits per heavy atom. The van der Waals surface area contributed by atoms with Crippen molar-refractivity contribution in [2.24, 2.45) is 5.73 Å². The van der Waals surface area contributed by atoms with Gasteiger partial charge in [-0.25, -0.2) is 0 Å². The van der Waals surface area contributed by atoms with Crippen LogP contribution in [0.15, 0.2) is 24.3 Å².